The van der Waals surface area contributed by atoms with E-state index in [1.54, 1.807) is 0 Å². The summed E-state index contributed by atoms with van der Waals surface area (Å²) in [5.74, 6) is -0.0513. The first-order valence-electron chi connectivity index (χ1n) is 8.31. The van der Waals surface area contributed by atoms with Gasteiger partial charge in [0, 0.05) is 24.6 Å². The number of hydrogen-bond acceptors (Lipinski definition) is 3. The van der Waals surface area contributed by atoms with Crippen LogP contribution < -0.4 is 5.32 Å². The minimum absolute atomic E-state index is 0.0513. The van der Waals surface area contributed by atoms with Gasteiger partial charge in [0.2, 0.25) is 0 Å². The zero-order chi connectivity index (χ0) is 15.7. The van der Waals surface area contributed by atoms with E-state index >= 15 is 0 Å². The number of hydrogen-bond donors (Lipinski definition) is 1. The Hall–Kier alpha value is -0.870. The molecular formula is C18H26BrNO2. The molecule has 0 saturated carbocycles. The molecule has 1 aromatic carbocycles. The van der Waals surface area contributed by atoms with E-state index < -0.39 is 5.60 Å². The van der Waals surface area contributed by atoms with E-state index in [2.05, 4.69) is 33.4 Å². The Balaban J connectivity index is 1.91. The third-order valence-electron chi connectivity index (χ3n) is 4.28. The lowest BCUT2D eigenvalue weighted by Gasteiger charge is -2.37. The van der Waals surface area contributed by atoms with Crippen molar-refractivity contribution in [3.63, 3.8) is 0 Å². The maximum Gasteiger partial charge on any atom is 0.306 e. The number of benzene rings is 1. The van der Waals surface area contributed by atoms with Gasteiger partial charge in [-0.3, -0.25) is 4.79 Å². The zero-order valence-electron chi connectivity index (χ0n) is 13.2. The predicted octanol–water partition coefficient (Wildman–Crippen LogP) is 4.15. The molecule has 22 heavy (non-hydrogen) atoms. The Morgan fingerprint density at radius 1 is 1.09 bits per heavy atom. The second kappa shape index (κ2) is 9.31. The standard InChI is InChI=1S/C18H26BrNO2/c19-13-7-2-1-6-10-17(21)22-18(11-14-20-15-12-18)16-8-4-3-5-9-16/h3-5,8-9,20H,1-2,6-7,10-15H2. The highest BCUT2D eigenvalue weighted by molar-refractivity contribution is 9.09. The molecule has 1 aromatic rings. The van der Waals surface area contributed by atoms with Crippen LogP contribution in [0, 0.1) is 0 Å². The molecule has 122 valence electrons. The van der Waals surface area contributed by atoms with Crippen LogP contribution in [0.2, 0.25) is 0 Å². The number of piperidine rings is 1. The van der Waals surface area contributed by atoms with Crippen LogP contribution in [0.15, 0.2) is 30.3 Å². The number of halogens is 1. The molecule has 0 bridgehead atoms. The monoisotopic (exact) mass is 367 g/mol. The molecule has 1 fully saturated rings. The fourth-order valence-electron chi connectivity index (χ4n) is 3.01. The number of alkyl halides is 1. The average Bonchev–Trinajstić information content (AvgIpc) is 2.56. The Labute approximate surface area is 141 Å². The van der Waals surface area contributed by atoms with Crippen LogP contribution in [-0.2, 0) is 15.1 Å². The van der Waals surface area contributed by atoms with Crippen molar-refractivity contribution in [2.24, 2.45) is 0 Å². The largest absolute Gasteiger partial charge is 0.454 e. The molecule has 1 N–H and O–H groups in total. The topological polar surface area (TPSA) is 38.3 Å². The minimum atomic E-state index is -0.431. The summed E-state index contributed by atoms with van der Waals surface area (Å²) in [6.45, 7) is 1.79. The van der Waals surface area contributed by atoms with Crippen LogP contribution in [0.4, 0.5) is 0 Å². The molecule has 0 unspecified atom stereocenters. The van der Waals surface area contributed by atoms with Gasteiger partial charge in [-0.05, 0) is 31.5 Å². The van der Waals surface area contributed by atoms with Gasteiger partial charge in [0.05, 0.1) is 0 Å². The second-order valence-corrected chi connectivity index (χ2v) is 6.73. The fraction of sp³-hybridized carbons (Fsp3) is 0.611. The van der Waals surface area contributed by atoms with Crippen LogP contribution in [0.25, 0.3) is 0 Å². The van der Waals surface area contributed by atoms with Crippen molar-refractivity contribution < 1.29 is 9.53 Å². The van der Waals surface area contributed by atoms with Gasteiger partial charge in [0.25, 0.3) is 0 Å². The molecule has 0 aliphatic carbocycles. The number of carbonyl (C=O) groups is 1. The summed E-state index contributed by atoms with van der Waals surface area (Å²) in [6, 6.07) is 10.2. The van der Waals surface area contributed by atoms with Crippen molar-refractivity contribution in [3.05, 3.63) is 35.9 Å². The average molecular weight is 368 g/mol. The molecule has 0 spiro atoms. The highest BCUT2D eigenvalue weighted by atomic mass is 79.9. The van der Waals surface area contributed by atoms with E-state index in [0.29, 0.717) is 6.42 Å². The molecule has 0 amide bonds. The maximum atomic E-state index is 12.3. The summed E-state index contributed by atoms with van der Waals surface area (Å²) in [5, 5.41) is 4.40. The Bertz CT molecular complexity index is 444. The van der Waals surface area contributed by atoms with Crippen LogP contribution in [0.3, 0.4) is 0 Å². The van der Waals surface area contributed by atoms with E-state index in [-0.39, 0.29) is 5.97 Å². The Morgan fingerprint density at radius 3 is 2.45 bits per heavy atom. The molecule has 3 nitrogen and oxygen atoms in total. The van der Waals surface area contributed by atoms with Gasteiger partial charge in [0.1, 0.15) is 5.60 Å². The van der Waals surface area contributed by atoms with Crippen molar-refractivity contribution in [3.8, 4) is 0 Å². The van der Waals surface area contributed by atoms with Crippen molar-refractivity contribution in [2.45, 2.75) is 50.5 Å². The van der Waals surface area contributed by atoms with Crippen molar-refractivity contribution in [2.75, 3.05) is 18.4 Å². The summed E-state index contributed by atoms with van der Waals surface area (Å²) in [5.41, 5.74) is 0.698. The Morgan fingerprint density at radius 2 is 1.77 bits per heavy atom. The first-order valence-corrected chi connectivity index (χ1v) is 9.43. The summed E-state index contributed by atoms with van der Waals surface area (Å²) in [6.07, 6.45) is 6.61. The molecule has 1 aliphatic heterocycles. The first kappa shape index (κ1) is 17.5. The zero-order valence-corrected chi connectivity index (χ0v) is 14.7. The van der Waals surface area contributed by atoms with Gasteiger partial charge >= 0.3 is 5.97 Å². The highest BCUT2D eigenvalue weighted by Crippen LogP contribution is 2.35. The molecular weight excluding hydrogens is 342 g/mol. The quantitative estimate of drug-likeness (QED) is 0.426. The lowest BCUT2D eigenvalue weighted by Crippen LogP contribution is -2.43. The number of esters is 1. The van der Waals surface area contributed by atoms with E-state index in [0.717, 1.165) is 49.7 Å². The predicted molar refractivity (Wildman–Crippen MR) is 93.2 cm³/mol. The van der Waals surface area contributed by atoms with Gasteiger partial charge in [-0.1, -0.05) is 59.1 Å². The number of carbonyl (C=O) groups excluding carboxylic acids is 1. The number of ether oxygens (including phenoxy) is 1. The smallest absolute Gasteiger partial charge is 0.306 e. The van der Waals surface area contributed by atoms with Crippen LogP contribution >= 0.6 is 15.9 Å². The van der Waals surface area contributed by atoms with E-state index in [9.17, 15) is 4.79 Å². The van der Waals surface area contributed by atoms with Crippen molar-refractivity contribution in [1.82, 2.24) is 5.32 Å². The molecule has 1 heterocycles. The van der Waals surface area contributed by atoms with Gasteiger partial charge in [0.15, 0.2) is 0 Å². The third kappa shape index (κ3) is 5.10. The third-order valence-corrected chi connectivity index (χ3v) is 4.85. The second-order valence-electron chi connectivity index (χ2n) is 5.94. The summed E-state index contributed by atoms with van der Waals surface area (Å²) in [4.78, 5) is 12.3. The highest BCUT2D eigenvalue weighted by Gasteiger charge is 2.37. The number of rotatable bonds is 8. The van der Waals surface area contributed by atoms with Crippen molar-refractivity contribution in [1.29, 1.82) is 0 Å². The van der Waals surface area contributed by atoms with E-state index in [1.165, 1.54) is 12.8 Å². The van der Waals surface area contributed by atoms with E-state index in [4.69, 9.17) is 4.74 Å². The van der Waals surface area contributed by atoms with Crippen LogP contribution in [-0.4, -0.2) is 24.4 Å². The lowest BCUT2D eigenvalue weighted by atomic mass is 9.84. The molecule has 0 radical (unpaired) electrons. The molecule has 1 saturated heterocycles. The van der Waals surface area contributed by atoms with Crippen LogP contribution in [0.5, 0.6) is 0 Å². The number of unbranched alkanes of at least 4 members (excludes halogenated alkanes) is 3. The van der Waals surface area contributed by atoms with Gasteiger partial charge in [-0.2, -0.15) is 0 Å². The van der Waals surface area contributed by atoms with Gasteiger partial charge in [-0.15, -0.1) is 0 Å². The van der Waals surface area contributed by atoms with Gasteiger partial charge < -0.3 is 10.1 Å². The van der Waals surface area contributed by atoms with Crippen LogP contribution in [0.1, 0.15) is 50.5 Å². The maximum absolute atomic E-state index is 12.3. The lowest BCUT2D eigenvalue weighted by molar-refractivity contribution is -0.164. The molecule has 0 aromatic heterocycles. The molecule has 1 aliphatic rings. The van der Waals surface area contributed by atoms with Gasteiger partial charge in [-0.25, -0.2) is 0 Å². The van der Waals surface area contributed by atoms with E-state index in [1.807, 2.05) is 18.2 Å². The summed E-state index contributed by atoms with van der Waals surface area (Å²) in [7, 11) is 0. The SMILES string of the molecule is O=C(CCCCCCBr)OC1(c2ccccc2)CCNCC1. The summed E-state index contributed by atoms with van der Waals surface area (Å²) >= 11 is 3.43. The fourth-order valence-corrected chi connectivity index (χ4v) is 3.40. The summed E-state index contributed by atoms with van der Waals surface area (Å²) < 4.78 is 5.98. The molecule has 0 atom stereocenters. The normalized spacial score (nSPS) is 17.1. The number of nitrogens with one attached hydrogen (secondary N) is 1. The Kier molecular flexibility index (Phi) is 7.40. The molecule has 2 rings (SSSR count). The molecule has 4 heteroatoms. The van der Waals surface area contributed by atoms with Crippen molar-refractivity contribution >= 4 is 21.9 Å². The minimum Gasteiger partial charge on any atom is -0.454 e. The first-order chi connectivity index (χ1) is 10.8.